The number of nitrogens with zero attached hydrogens (tertiary/aromatic N) is 2. The molecular weight excluding hydrogens is 317 g/mol. The van der Waals surface area contributed by atoms with Gasteiger partial charge in [0.2, 0.25) is 5.89 Å². The van der Waals surface area contributed by atoms with E-state index in [1.54, 1.807) is 32.0 Å². The second-order valence-electron chi connectivity index (χ2n) is 4.33. The van der Waals surface area contributed by atoms with E-state index < -0.39 is 6.04 Å². The predicted octanol–water partition coefficient (Wildman–Crippen LogP) is 2.94. The lowest BCUT2D eigenvalue weighted by Crippen LogP contribution is -2.31. The quantitative estimate of drug-likeness (QED) is 0.912. The minimum atomic E-state index is -0.400. The lowest BCUT2D eigenvalue weighted by atomic mass is 10.3. The van der Waals surface area contributed by atoms with E-state index in [0.29, 0.717) is 27.5 Å². The van der Waals surface area contributed by atoms with Gasteiger partial charge in [0.15, 0.2) is 12.4 Å². The molecule has 0 radical (unpaired) electrons. The highest BCUT2D eigenvalue weighted by molar-refractivity contribution is 6.35. The molecule has 6 nitrogen and oxygen atoms in total. The molecule has 1 atom stereocenters. The maximum absolute atomic E-state index is 11.8. The van der Waals surface area contributed by atoms with Crippen LogP contribution in [0.15, 0.2) is 22.7 Å². The molecule has 0 saturated carbocycles. The summed E-state index contributed by atoms with van der Waals surface area (Å²) in [4.78, 5) is 15.8. The highest BCUT2D eigenvalue weighted by Gasteiger charge is 2.16. The van der Waals surface area contributed by atoms with Crippen molar-refractivity contribution in [3.8, 4) is 5.75 Å². The van der Waals surface area contributed by atoms with Gasteiger partial charge in [0.25, 0.3) is 5.91 Å². The van der Waals surface area contributed by atoms with Crippen LogP contribution in [0, 0.1) is 6.92 Å². The van der Waals surface area contributed by atoms with Gasteiger partial charge >= 0.3 is 0 Å². The Kier molecular flexibility index (Phi) is 5.03. The van der Waals surface area contributed by atoms with Crippen molar-refractivity contribution in [2.75, 3.05) is 6.61 Å². The van der Waals surface area contributed by atoms with Crippen molar-refractivity contribution in [1.29, 1.82) is 0 Å². The molecule has 1 N–H and O–H groups in total. The summed E-state index contributed by atoms with van der Waals surface area (Å²) in [5, 5.41) is 7.18. The molecule has 1 amide bonds. The molecule has 0 saturated heterocycles. The van der Waals surface area contributed by atoms with E-state index in [2.05, 4.69) is 15.5 Å². The molecule has 2 rings (SSSR count). The molecule has 0 bridgehead atoms. The SMILES string of the molecule is Cc1noc(C(C)NC(=O)COc2ccc(Cl)cc2Cl)n1. The van der Waals surface area contributed by atoms with Gasteiger partial charge in [-0.3, -0.25) is 4.79 Å². The van der Waals surface area contributed by atoms with Crippen LogP contribution in [0.1, 0.15) is 24.7 Å². The van der Waals surface area contributed by atoms with Crippen molar-refractivity contribution in [3.63, 3.8) is 0 Å². The lowest BCUT2D eigenvalue weighted by Gasteiger charge is -2.11. The van der Waals surface area contributed by atoms with E-state index in [9.17, 15) is 4.79 Å². The first-order valence-corrected chi connectivity index (χ1v) is 6.88. The molecule has 0 spiro atoms. The zero-order chi connectivity index (χ0) is 15.4. The fraction of sp³-hybridized carbons (Fsp3) is 0.308. The second kappa shape index (κ2) is 6.78. The first kappa shape index (κ1) is 15.6. The molecule has 0 fully saturated rings. The Hall–Kier alpha value is -1.79. The van der Waals surface area contributed by atoms with E-state index in [1.165, 1.54) is 0 Å². The number of halogens is 2. The minimum Gasteiger partial charge on any atom is -0.482 e. The van der Waals surface area contributed by atoms with Crippen LogP contribution in [0.5, 0.6) is 5.75 Å². The third kappa shape index (κ3) is 4.34. The largest absolute Gasteiger partial charge is 0.482 e. The first-order valence-electron chi connectivity index (χ1n) is 6.13. The number of ether oxygens (including phenoxy) is 1. The molecule has 2 aromatic rings. The van der Waals surface area contributed by atoms with Gasteiger partial charge in [-0.2, -0.15) is 4.98 Å². The number of rotatable bonds is 5. The standard InChI is InChI=1S/C13H13Cl2N3O3/c1-7(13-17-8(2)18-21-13)16-12(19)6-20-11-4-3-9(14)5-10(11)15/h3-5,7H,6H2,1-2H3,(H,16,19). The van der Waals surface area contributed by atoms with Gasteiger partial charge in [0.05, 0.1) is 5.02 Å². The molecule has 112 valence electrons. The summed E-state index contributed by atoms with van der Waals surface area (Å²) in [6, 6.07) is 4.37. The van der Waals surface area contributed by atoms with Crippen LogP contribution in [-0.4, -0.2) is 22.7 Å². The predicted molar refractivity (Wildman–Crippen MR) is 77.5 cm³/mol. The van der Waals surface area contributed by atoms with Crippen LogP contribution in [0.4, 0.5) is 0 Å². The Morgan fingerprint density at radius 3 is 2.86 bits per heavy atom. The maximum atomic E-state index is 11.8. The van der Waals surface area contributed by atoms with Crippen LogP contribution in [0.3, 0.4) is 0 Å². The molecule has 1 unspecified atom stereocenters. The third-order valence-electron chi connectivity index (χ3n) is 2.54. The minimum absolute atomic E-state index is 0.182. The number of aryl methyl sites for hydroxylation is 1. The van der Waals surface area contributed by atoms with E-state index in [-0.39, 0.29) is 12.5 Å². The van der Waals surface area contributed by atoms with Gasteiger partial charge in [0, 0.05) is 5.02 Å². The fourth-order valence-electron chi connectivity index (χ4n) is 1.57. The Labute approximate surface area is 131 Å². The van der Waals surface area contributed by atoms with Crippen LogP contribution < -0.4 is 10.1 Å². The smallest absolute Gasteiger partial charge is 0.258 e. The summed E-state index contributed by atoms with van der Waals surface area (Å²) in [6.07, 6.45) is 0. The van der Waals surface area contributed by atoms with Gasteiger partial charge in [0.1, 0.15) is 11.8 Å². The highest BCUT2D eigenvalue weighted by atomic mass is 35.5. The van der Waals surface area contributed by atoms with Gasteiger partial charge in [-0.25, -0.2) is 0 Å². The Morgan fingerprint density at radius 1 is 1.48 bits per heavy atom. The summed E-state index contributed by atoms with van der Waals surface area (Å²) < 4.78 is 10.3. The first-order chi connectivity index (χ1) is 9.95. The molecule has 8 heteroatoms. The van der Waals surface area contributed by atoms with Crippen LogP contribution in [0.25, 0.3) is 0 Å². The molecule has 1 aromatic carbocycles. The number of hydrogen-bond donors (Lipinski definition) is 1. The van der Waals surface area contributed by atoms with Gasteiger partial charge in [-0.05, 0) is 32.0 Å². The number of hydrogen-bond acceptors (Lipinski definition) is 5. The molecule has 0 aliphatic heterocycles. The van der Waals surface area contributed by atoms with E-state index in [4.69, 9.17) is 32.5 Å². The summed E-state index contributed by atoms with van der Waals surface area (Å²) in [5.41, 5.74) is 0. The number of nitrogens with one attached hydrogen (secondary N) is 1. The lowest BCUT2D eigenvalue weighted by molar-refractivity contribution is -0.123. The van der Waals surface area contributed by atoms with Gasteiger partial charge in [-0.15, -0.1) is 0 Å². The summed E-state index contributed by atoms with van der Waals surface area (Å²) in [7, 11) is 0. The zero-order valence-corrected chi connectivity index (χ0v) is 12.9. The maximum Gasteiger partial charge on any atom is 0.258 e. The summed E-state index contributed by atoms with van der Waals surface area (Å²) in [6.45, 7) is 3.26. The average Bonchev–Trinajstić information content (AvgIpc) is 2.84. The van der Waals surface area contributed by atoms with Crippen molar-refractivity contribution in [2.24, 2.45) is 0 Å². The van der Waals surface area contributed by atoms with Crippen molar-refractivity contribution < 1.29 is 14.1 Å². The number of carbonyl (C=O) groups is 1. The van der Waals surface area contributed by atoms with Crippen molar-refractivity contribution in [2.45, 2.75) is 19.9 Å². The van der Waals surface area contributed by atoms with Crippen molar-refractivity contribution in [3.05, 3.63) is 40.0 Å². The fourth-order valence-corrected chi connectivity index (χ4v) is 2.03. The van der Waals surface area contributed by atoms with Crippen molar-refractivity contribution in [1.82, 2.24) is 15.5 Å². The molecule has 0 aliphatic carbocycles. The number of amides is 1. The zero-order valence-electron chi connectivity index (χ0n) is 11.4. The van der Waals surface area contributed by atoms with Crippen LogP contribution in [-0.2, 0) is 4.79 Å². The van der Waals surface area contributed by atoms with Crippen LogP contribution in [0.2, 0.25) is 10.0 Å². The molecular formula is C13H13Cl2N3O3. The Morgan fingerprint density at radius 2 is 2.24 bits per heavy atom. The topological polar surface area (TPSA) is 77.2 Å². The monoisotopic (exact) mass is 329 g/mol. The number of carbonyl (C=O) groups excluding carboxylic acids is 1. The third-order valence-corrected chi connectivity index (χ3v) is 3.07. The van der Waals surface area contributed by atoms with E-state index >= 15 is 0 Å². The normalized spacial score (nSPS) is 12.0. The highest BCUT2D eigenvalue weighted by Crippen LogP contribution is 2.27. The molecule has 1 aromatic heterocycles. The van der Waals surface area contributed by atoms with Gasteiger partial charge < -0.3 is 14.6 Å². The van der Waals surface area contributed by atoms with Gasteiger partial charge in [-0.1, -0.05) is 28.4 Å². The van der Waals surface area contributed by atoms with E-state index in [1.807, 2.05) is 0 Å². The number of aromatic nitrogens is 2. The Bertz CT molecular complexity index is 645. The molecule has 0 aliphatic rings. The van der Waals surface area contributed by atoms with E-state index in [0.717, 1.165) is 0 Å². The molecule has 21 heavy (non-hydrogen) atoms. The Balaban J connectivity index is 1.87. The second-order valence-corrected chi connectivity index (χ2v) is 5.18. The van der Waals surface area contributed by atoms with Crippen LogP contribution >= 0.6 is 23.2 Å². The van der Waals surface area contributed by atoms with Crippen molar-refractivity contribution >= 4 is 29.1 Å². The summed E-state index contributed by atoms with van der Waals surface area (Å²) >= 11 is 11.7. The number of benzene rings is 1. The summed E-state index contributed by atoms with van der Waals surface area (Å²) in [5.74, 6) is 0.905. The average molecular weight is 330 g/mol. The molecule has 1 heterocycles.